The molecule has 0 unspecified atom stereocenters. The Kier molecular flexibility index (Phi) is 5.71. The molecule has 31 heavy (non-hydrogen) atoms. The molecule has 0 spiro atoms. The van der Waals surface area contributed by atoms with Crippen LogP contribution in [0.1, 0.15) is 22.4 Å². The monoisotopic (exact) mass is 429 g/mol. The molecule has 0 radical (unpaired) electrons. The lowest BCUT2D eigenvalue weighted by Crippen LogP contribution is -2.48. The molecule has 0 saturated carbocycles. The molecule has 1 saturated heterocycles. The zero-order valence-electron chi connectivity index (χ0n) is 17.0. The van der Waals surface area contributed by atoms with Gasteiger partial charge in [0.05, 0.1) is 11.3 Å². The zero-order valence-corrected chi connectivity index (χ0v) is 17.0. The molecule has 0 N–H and O–H groups in total. The quantitative estimate of drug-likeness (QED) is 0.620. The molecule has 1 aliphatic rings. The van der Waals surface area contributed by atoms with Crippen molar-refractivity contribution in [3.8, 4) is 0 Å². The Morgan fingerprint density at radius 3 is 2.32 bits per heavy atom. The number of rotatable bonds is 4. The number of nitrogens with zero attached hydrogens (tertiary/aromatic N) is 3. The van der Waals surface area contributed by atoms with Gasteiger partial charge in [0.2, 0.25) is 0 Å². The normalized spacial score (nSPS) is 14.7. The average Bonchev–Trinajstić information content (AvgIpc) is 2.77. The molecule has 1 aliphatic heterocycles. The van der Waals surface area contributed by atoms with Gasteiger partial charge in [-0.05, 0) is 30.7 Å². The van der Waals surface area contributed by atoms with Gasteiger partial charge in [-0.25, -0.2) is 4.79 Å². The predicted molar refractivity (Wildman–Crippen MR) is 113 cm³/mol. The van der Waals surface area contributed by atoms with E-state index in [0.717, 1.165) is 17.2 Å². The third-order valence-corrected chi connectivity index (χ3v) is 5.54. The summed E-state index contributed by atoms with van der Waals surface area (Å²) < 4.78 is 44.1. The number of anilines is 2. The maximum absolute atomic E-state index is 13.0. The van der Waals surface area contributed by atoms with Crippen LogP contribution < -0.4 is 15.4 Å². The standard InChI is InChI=1S/C23H22F3N3O2/c1-16-20(14-17-6-3-2-4-7-17)21(22(30)31-27-16)29-12-10-28(11-13-29)19-9-5-8-18(15-19)23(24,25)26/h2-9,15H,10-14H2,1H3. The molecule has 2 heterocycles. The van der Waals surface area contributed by atoms with Gasteiger partial charge < -0.3 is 14.3 Å². The fourth-order valence-corrected chi connectivity index (χ4v) is 3.90. The van der Waals surface area contributed by atoms with Crippen molar-refractivity contribution in [1.82, 2.24) is 5.16 Å². The number of hydrogen-bond donors (Lipinski definition) is 0. The third kappa shape index (κ3) is 4.57. The number of aryl methyl sites for hydroxylation is 1. The summed E-state index contributed by atoms with van der Waals surface area (Å²) in [5.41, 5.74) is 2.37. The Hall–Kier alpha value is -3.29. The zero-order chi connectivity index (χ0) is 22.0. The van der Waals surface area contributed by atoms with Gasteiger partial charge in [0.1, 0.15) is 5.69 Å². The number of alkyl halides is 3. The lowest BCUT2D eigenvalue weighted by molar-refractivity contribution is -0.137. The van der Waals surface area contributed by atoms with Crippen molar-refractivity contribution in [1.29, 1.82) is 0 Å². The van der Waals surface area contributed by atoms with Gasteiger partial charge in [0, 0.05) is 43.9 Å². The highest BCUT2D eigenvalue weighted by atomic mass is 19.4. The molecule has 4 rings (SSSR count). The second kappa shape index (κ2) is 8.45. The molecule has 0 aliphatic carbocycles. The van der Waals surface area contributed by atoms with Crippen molar-refractivity contribution in [2.45, 2.75) is 19.5 Å². The highest BCUT2D eigenvalue weighted by molar-refractivity contribution is 5.57. The molecule has 3 aromatic rings. The molecule has 0 atom stereocenters. The Bertz CT molecular complexity index is 1110. The number of aromatic nitrogens is 1. The largest absolute Gasteiger partial charge is 0.416 e. The highest BCUT2D eigenvalue weighted by Gasteiger charge is 2.31. The fourth-order valence-electron chi connectivity index (χ4n) is 3.90. The van der Waals surface area contributed by atoms with E-state index in [4.69, 9.17) is 4.52 Å². The molecule has 0 bridgehead atoms. The third-order valence-electron chi connectivity index (χ3n) is 5.54. The van der Waals surface area contributed by atoms with Crippen LogP contribution in [-0.4, -0.2) is 31.3 Å². The minimum atomic E-state index is -4.38. The molecule has 5 nitrogen and oxygen atoms in total. The first kappa shape index (κ1) is 21.0. The van der Waals surface area contributed by atoms with Crippen molar-refractivity contribution in [3.05, 3.63) is 87.4 Å². The minimum Gasteiger partial charge on any atom is -0.368 e. The summed E-state index contributed by atoms with van der Waals surface area (Å²) >= 11 is 0. The van der Waals surface area contributed by atoms with Crippen molar-refractivity contribution in [3.63, 3.8) is 0 Å². The van der Waals surface area contributed by atoms with E-state index in [2.05, 4.69) is 5.16 Å². The van der Waals surface area contributed by atoms with Gasteiger partial charge in [0.25, 0.3) is 0 Å². The Morgan fingerprint density at radius 2 is 1.65 bits per heavy atom. The van der Waals surface area contributed by atoms with E-state index in [-0.39, 0.29) is 0 Å². The summed E-state index contributed by atoms with van der Waals surface area (Å²) in [6.45, 7) is 3.78. The van der Waals surface area contributed by atoms with Crippen LogP contribution >= 0.6 is 0 Å². The first-order valence-electron chi connectivity index (χ1n) is 10.0. The molecular formula is C23H22F3N3O2. The molecule has 162 valence electrons. The highest BCUT2D eigenvalue weighted by Crippen LogP contribution is 2.32. The van der Waals surface area contributed by atoms with Gasteiger partial charge in [0.15, 0.2) is 0 Å². The average molecular weight is 429 g/mol. The van der Waals surface area contributed by atoms with Crippen molar-refractivity contribution < 1.29 is 17.7 Å². The second-order valence-electron chi connectivity index (χ2n) is 7.57. The summed E-state index contributed by atoms with van der Waals surface area (Å²) in [6.07, 6.45) is -3.83. The topological polar surface area (TPSA) is 49.6 Å². The smallest absolute Gasteiger partial charge is 0.368 e. The first-order valence-corrected chi connectivity index (χ1v) is 10.0. The summed E-state index contributed by atoms with van der Waals surface area (Å²) in [6, 6.07) is 15.1. The lowest BCUT2D eigenvalue weighted by atomic mass is 10.0. The van der Waals surface area contributed by atoms with E-state index < -0.39 is 17.4 Å². The van der Waals surface area contributed by atoms with E-state index in [0.29, 0.717) is 49.7 Å². The van der Waals surface area contributed by atoms with E-state index in [1.54, 1.807) is 6.07 Å². The van der Waals surface area contributed by atoms with Crippen LogP contribution in [0, 0.1) is 6.92 Å². The van der Waals surface area contributed by atoms with Crippen LogP contribution in [0.5, 0.6) is 0 Å². The maximum atomic E-state index is 13.0. The molecule has 1 fully saturated rings. The predicted octanol–water partition coefficient (Wildman–Crippen LogP) is 4.28. The van der Waals surface area contributed by atoms with Crippen molar-refractivity contribution >= 4 is 11.4 Å². The van der Waals surface area contributed by atoms with E-state index >= 15 is 0 Å². The first-order chi connectivity index (χ1) is 14.8. The lowest BCUT2D eigenvalue weighted by Gasteiger charge is -2.37. The second-order valence-corrected chi connectivity index (χ2v) is 7.57. The Labute approximate surface area is 177 Å². The number of piperazine rings is 1. The molecule has 1 aromatic heterocycles. The van der Waals surface area contributed by atoms with Crippen LogP contribution in [0.2, 0.25) is 0 Å². The van der Waals surface area contributed by atoms with Gasteiger partial charge >= 0.3 is 11.8 Å². The number of halogens is 3. The summed E-state index contributed by atoms with van der Waals surface area (Å²) in [5.74, 6) is 0. The van der Waals surface area contributed by atoms with Gasteiger partial charge in [-0.2, -0.15) is 13.2 Å². The van der Waals surface area contributed by atoms with E-state index in [1.807, 2.05) is 47.1 Å². The van der Waals surface area contributed by atoms with Crippen LogP contribution in [0.25, 0.3) is 0 Å². The number of benzene rings is 2. The van der Waals surface area contributed by atoms with Gasteiger partial charge in [-0.1, -0.05) is 41.6 Å². The molecular weight excluding hydrogens is 407 g/mol. The summed E-state index contributed by atoms with van der Waals surface area (Å²) in [5, 5.41) is 3.89. The molecule has 0 amide bonds. The van der Waals surface area contributed by atoms with Crippen LogP contribution in [0.3, 0.4) is 0 Å². The van der Waals surface area contributed by atoms with Gasteiger partial charge in [-0.15, -0.1) is 0 Å². The number of hydrogen-bond acceptors (Lipinski definition) is 5. The SMILES string of the molecule is Cc1noc(=O)c(N2CCN(c3cccc(C(F)(F)F)c3)CC2)c1Cc1ccccc1. The summed E-state index contributed by atoms with van der Waals surface area (Å²) in [4.78, 5) is 16.4. The molecule has 2 aromatic carbocycles. The summed E-state index contributed by atoms with van der Waals surface area (Å²) in [7, 11) is 0. The van der Waals surface area contributed by atoms with Gasteiger partial charge in [-0.3, -0.25) is 0 Å². The molecule has 8 heteroatoms. The maximum Gasteiger partial charge on any atom is 0.416 e. The van der Waals surface area contributed by atoms with E-state index in [1.165, 1.54) is 12.1 Å². The Balaban J connectivity index is 1.56. The van der Waals surface area contributed by atoms with Crippen LogP contribution in [-0.2, 0) is 12.6 Å². The van der Waals surface area contributed by atoms with Crippen LogP contribution in [0.4, 0.5) is 24.5 Å². The Morgan fingerprint density at radius 1 is 0.968 bits per heavy atom. The van der Waals surface area contributed by atoms with Crippen molar-refractivity contribution in [2.24, 2.45) is 0 Å². The van der Waals surface area contributed by atoms with Crippen molar-refractivity contribution in [2.75, 3.05) is 36.0 Å². The van der Waals surface area contributed by atoms with Crippen LogP contribution in [0.15, 0.2) is 63.9 Å². The van der Waals surface area contributed by atoms with E-state index in [9.17, 15) is 18.0 Å². The fraction of sp³-hybridized carbons (Fsp3) is 0.304. The minimum absolute atomic E-state index is 0.486.